The van der Waals surface area contributed by atoms with Gasteiger partial charge >= 0.3 is 0 Å². The molecule has 0 unspecified atom stereocenters. The number of hydrogen-bond acceptors (Lipinski definition) is 11. The Balaban J connectivity index is 1.21. The van der Waals surface area contributed by atoms with Gasteiger partial charge in [0.1, 0.15) is 6.61 Å². The number of hydrogen-bond donors (Lipinski definition) is 2. The Labute approximate surface area is 271 Å². The van der Waals surface area contributed by atoms with E-state index in [4.69, 9.17) is 31.4 Å². The summed E-state index contributed by atoms with van der Waals surface area (Å²) in [5, 5.41) is 20.6. The highest BCUT2D eigenvalue weighted by Crippen LogP contribution is 2.37. The number of carbonyl (C=O) groups excluding carboxylic acids is 1. The molecule has 5 aromatic rings. The van der Waals surface area contributed by atoms with Crippen LogP contribution in [0, 0.1) is 0 Å². The number of benzene rings is 3. The molecule has 1 amide bonds. The van der Waals surface area contributed by atoms with Crippen molar-refractivity contribution in [2.24, 2.45) is 5.10 Å². The smallest absolute Gasteiger partial charge is 0.293 e. The number of carbonyl (C=O) groups is 1. The first-order chi connectivity index (χ1) is 21.9. The van der Waals surface area contributed by atoms with E-state index in [9.17, 15) is 4.79 Å². The lowest BCUT2D eigenvalue weighted by Gasteiger charge is -2.19. The van der Waals surface area contributed by atoms with Gasteiger partial charge in [-0.1, -0.05) is 53.2 Å². The SMILES string of the molecule is CCOc1cc(/C=N/NC(=O)c2nnn(-c3nonc3N)c2CN2CCc3ccccc32)cc(Br)c1OCc1ccccc1Cl. The molecule has 0 atom stereocenters. The zero-order chi connectivity index (χ0) is 31.3. The van der Waals surface area contributed by atoms with Crippen LogP contribution in [-0.2, 0) is 19.6 Å². The number of halogens is 2. The zero-order valence-electron chi connectivity index (χ0n) is 24.0. The summed E-state index contributed by atoms with van der Waals surface area (Å²) in [4.78, 5) is 15.5. The summed E-state index contributed by atoms with van der Waals surface area (Å²) >= 11 is 9.85. The summed E-state index contributed by atoms with van der Waals surface area (Å²) in [6.45, 7) is 3.61. The van der Waals surface area contributed by atoms with Crippen molar-refractivity contribution in [3.05, 3.63) is 98.2 Å². The number of fused-ring (bicyclic) bond motifs is 1. The molecule has 15 heteroatoms. The van der Waals surface area contributed by atoms with Crippen molar-refractivity contribution in [3.63, 3.8) is 0 Å². The molecule has 0 spiro atoms. The summed E-state index contributed by atoms with van der Waals surface area (Å²) < 4.78 is 18.7. The maximum absolute atomic E-state index is 13.4. The van der Waals surface area contributed by atoms with Crippen LogP contribution in [0.5, 0.6) is 11.5 Å². The van der Waals surface area contributed by atoms with Gasteiger partial charge in [-0.05, 0) is 75.0 Å². The molecule has 6 rings (SSSR count). The van der Waals surface area contributed by atoms with E-state index >= 15 is 0 Å². The van der Waals surface area contributed by atoms with Crippen molar-refractivity contribution in [2.75, 3.05) is 23.8 Å². The minimum atomic E-state index is -0.571. The van der Waals surface area contributed by atoms with Gasteiger partial charge in [0, 0.05) is 22.8 Å². The fourth-order valence-corrected chi connectivity index (χ4v) is 5.69. The number of nitrogens with zero attached hydrogens (tertiary/aromatic N) is 7. The summed E-state index contributed by atoms with van der Waals surface area (Å²) in [6, 6.07) is 19.1. The van der Waals surface area contributed by atoms with Gasteiger partial charge in [-0.2, -0.15) is 9.78 Å². The van der Waals surface area contributed by atoms with Gasteiger partial charge < -0.3 is 20.1 Å². The van der Waals surface area contributed by atoms with Crippen LogP contribution in [0.1, 0.15) is 39.8 Å². The number of nitrogens with one attached hydrogen (secondary N) is 1. The lowest BCUT2D eigenvalue weighted by Crippen LogP contribution is -2.26. The highest BCUT2D eigenvalue weighted by atomic mass is 79.9. The average Bonchev–Trinajstić information content (AvgIpc) is 3.76. The third kappa shape index (κ3) is 6.47. The minimum Gasteiger partial charge on any atom is -0.490 e. The molecule has 13 nitrogen and oxygen atoms in total. The average molecular weight is 693 g/mol. The predicted octanol–water partition coefficient (Wildman–Crippen LogP) is 4.95. The van der Waals surface area contributed by atoms with Crippen molar-refractivity contribution >= 4 is 51.2 Å². The second-order valence-electron chi connectivity index (χ2n) is 9.91. The molecular weight excluding hydrogens is 666 g/mol. The Kier molecular flexibility index (Phi) is 8.93. The predicted molar refractivity (Wildman–Crippen MR) is 171 cm³/mol. The van der Waals surface area contributed by atoms with E-state index in [1.165, 1.54) is 16.5 Å². The van der Waals surface area contributed by atoms with E-state index in [1.54, 1.807) is 12.1 Å². The summed E-state index contributed by atoms with van der Waals surface area (Å²) in [5.74, 6) is 0.602. The maximum atomic E-state index is 13.4. The van der Waals surface area contributed by atoms with Gasteiger partial charge in [0.15, 0.2) is 17.2 Å². The van der Waals surface area contributed by atoms with E-state index in [0.29, 0.717) is 45.4 Å². The Morgan fingerprint density at radius 2 is 2.00 bits per heavy atom. The van der Waals surface area contributed by atoms with E-state index in [2.05, 4.69) is 58.0 Å². The monoisotopic (exact) mass is 691 g/mol. The molecule has 3 heterocycles. The molecule has 0 radical (unpaired) electrons. The van der Waals surface area contributed by atoms with E-state index in [-0.39, 0.29) is 23.9 Å². The van der Waals surface area contributed by atoms with Crippen molar-refractivity contribution < 1.29 is 18.9 Å². The fourth-order valence-electron chi connectivity index (χ4n) is 4.93. The number of amides is 1. The molecule has 3 aromatic carbocycles. The highest BCUT2D eigenvalue weighted by Gasteiger charge is 2.28. The highest BCUT2D eigenvalue weighted by molar-refractivity contribution is 9.10. The molecule has 230 valence electrons. The number of anilines is 2. The number of nitrogens with two attached hydrogens (primary N) is 1. The summed E-state index contributed by atoms with van der Waals surface area (Å²) in [5.41, 5.74) is 12.8. The Hall–Kier alpha value is -4.95. The van der Waals surface area contributed by atoms with Crippen LogP contribution in [0.3, 0.4) is 0 Å². The summed E-state index contributed by atoms with van der Waals surface area (Å²) in [6.07, 6.45) is 2.36. The van der Waals surface area contributed by atoms with Gasteiger partial charge in [0.05, 0.1) is 29.5 Å². The Morgan fingerprint density at radius 3 is 2.80 bits per heavy atom. The topological polar surface area (TPSA) is 159 Å². The Bertz CT molecular complexity index is 1880. The van der Waals surface area contributed by atoms with Crippen LogP contribution in [0.25, 0.3) is 5.82 Å². The van der Waals surface area contributed by atoms with E-state index < -0.39 is 5.91 Å². The molecule has 45 heavy (non-hydrogen) atoms. The van der Waals surface area contributed by atoms with Crippen LogP contribution in [0.4, 0.5) is 11.5 Å². The van der Waals surface area contributed by atoms with Crippen LogP contribution in [0.15, 0.2) is 74.9 Å². The molecule has 0 saturated heterocycles. The first-order valence-corrected chi connectivity index (χ1v) is 15.1. The van der Waals surface area contributed by atoms with E-state index in [0.717, 1.165) is 24.2 Å². The number of rotatable bonds is 11. The quantitative estimate of drug-likeness (QED) is 0.143. The second kappa shape index (κ2) is 13.4. The van der Waals surface area contributed by atoms with Crippen molar-refractivity contribution in [1.29, 1.82) is 0 Å². The van der Waals surface area contributed by atoms with Gasteiger partial charge in [0.25, 0.3) is 5.91 Å². The first kappa shape index (κ1) is 30.1. The Morgan fingerprint density at radius 1 is 1.18 bits per heavy atom. The van der Waals surface area contributed by atoms with Crippen molar-refractivity contribution in [3.8, 4) is 17.3 Å². The molecule has 1 aliphatic heterocycles. The van der Waals surface area contributed by atoms with Gasteiger partial charge in [-0.3, -0.25) is 4.79 Å². The zero-order valence-corrected chi connectivity index (χ0v) is 26.3. The maximum Gasteiger partial charge on any atom is 0.293 e. The van der Waals surface area contributed by atoms with Crippen molar-refractivity contribution in [1.82, 2.24) is 30.7 Å². The minimum absolute atomic E-state index is 0.0166. The normalized spacial score (nSPS) is 12.5. The molecule has 0 fully saturated rings. The standard InChI is InChI=1S/C30H27BrClN9O4/c1-2-43-25-14-18(13-21(31)27(25)44-17-20-8-3-5-9-22(20)32)15-34-36-30(42)26-24(41(39-35-26)29-28(33)37-45-38-29)16-40-12-11-19-7-4-6-10-23(19)40/h3-10,13-15H,2,11-12,16-17H2,1H3,(H2,33,37)(H,36,42)/b34-15+. The fraction of sp³-hybridized carbons (Fsp3) is 0.200. The van der Waals surface area contributed by atoms with Crippen LogP contribution >= 0.6 is 27.5 Å². The first-order valence-electron chi connectivity index (χ1n) is 13.9. The van der Waals surface area contributed by atoms with Crippen LogP contribution < -0.4 is 25.5 Å². The van der Waals surface area contributed by atoms with Crippen LogP contribution in [-0.4, -0.2) is 50.6 Å². The third-order valence-corrected chi connectivity index (χ3v) is 8.00. The molecular formula is C30H27BrClN9O4. The molecule has 0 aliphatic carbocycles. The largest absolute Gasteiger partial charge is 0.490 e. The van der Waals surface area contributed by atoms with E-state index in [1.807, 2.05) is 49.4 Å². The number of aromatic nitrogens is 5. The summed E-state index contributed by atoms with van der Waals surface area (Å²) in [7, 11) is 0. The van der Waals surface area contributed by atoms with Gasteiger partial charge in [-0.25, -0.2) is 10.1 Å². The van der Waals surface area contributed by atoms with Gasteiger partial charge in [0.2, 0.25) is 11.6 Å². The number of nitrogen functional groups attached to an aromatic ring is 1. The lowest BCUT2D eigenvalue weighted by atomic mass is 10.2. The third-order valence-electron chi connectivity index (χ3n) is 7.04. The molecule has 0 bridgehead atoms. The number of ether oxygens (including phenoxy) is 2. The van der Waals surface area contributed by atoms with Crippen molar-refractivity contribution in [2.45, 2.75) is 26.5 Å². The molecule has 1 aliphatic rings. The van der Waals surface area contributed by atoms with Crippen LogP contribution in [0.2, 0.25) is 5.02 Å². The molecule has 0 saturated carbocycles. The second-order valence-corrected chi connectivity index (χ2v) is 11.2. The lowest BCUT2D eigenvalue weighted by molar-refractivity contribution is 0.0949. The number of hydrazone groups is 1. The molecule has 3 N–H and O–H groups in total. The van der Waals surface area contributed by atoms with Gasteiger partial charge in [-0.15, -0.1) is 5.10 Å². The number of para-hydroxylation sites is 1. The molecule has 2 aromatic heterocycles.